The predicted molar refractivity (Wildman–Crippen MR) is 122 cm³/mol. The maximum Gasteiger partial charge on any atom is 0.261 e. The van der Waals surface area contributed by atoms with Crippen molar-refractivity contribution in [2.75, 3.05) is 25.5 Å². The molecule has 0 spiro atoms. The predicted octanol–water partition coefficient (Wildman–Crippen LogP) is 3.23. The van der Waals surface area contributed by atoms with Gasteiger partial charge in [0.15, 0.2) is 0 Å². The first-order valence-corrected chi connectivity index (χ1v) is 10.5. The molecule has 7 nitrogen and oxygen atoms in total. The zero-order valence-corrected chi connectivity index (χ0v) is 19.2. The molecule has 0 aromatic heterocycles. The Bertz CT molecular complexity index is 1180. The zero-order chi connectivity index (χ0) is 23.6. The van der Waals surface area contributed by atoms with Crippen LogP contribution in [-0.4, -0.2) is 59.6 Å². The van der Waals surface area contributed by atoms with Gasteiger partial charge in [-0.15, -0.1) is 0 Å². The highest BCUT2D eigenvalue weighted by atomic mass is 16.2. The normalized spacial score (nSPS) is 16.6. The van der Waals surface area contributed by atoms with Crippen LogP contribution in [0, 0.1) is 5.41 Å². The molecule has 2 aliphatic heterocycles. The number of hydrogen-bond acceptors (Lipinski definition) is 5. The first-order chi connectivity index (χ1) is 14.9. The van der Waals surface area contributed by atoms with Crippen molar-refractivity contribution in [3.05, 3.63) is 53.6 Å². The quantitative estimate of drug-likeness (QED) is 0.677. The molecule has 0 atom stereocenters. The van der Waals surface area contributed by atoms with Crippen molar-refractivity contribution in [3.8, 4) is 0 Å². The molecule has 0 bridgehead atoms. The van der Waals surface area contributed by atoms with E-state index in [1.165, 1.54) is 17.1 Å². The van der Waals surface area contributed by atoms with Gasteiger partial charge in [0.2, 0.25) is 0 Å². The Hall–Kier alpha value is -3.48. The van der Waals surface area contributed by atoms with Gasteiger partial charge >= 0.3 is 0 Å². The number of imide groups is 2. The highest BCUT2D eigenvalue weighted by Crippen LogP contribution is 2.43. The number of anilines is 1. The highest BCUT2D eigenvalue weighted by Gasteiger charge is 2.51. The molecule has 0 fully saturated rings. The summed E-state index contributed by atoms with van der Waals surface area (Å²) in [6.45, 7) is 7.41. The van der Waals surface area contributed by atoms with Crippen molar-refractivity contribution in [1.29, 1.82) is 0 Å². The Balaban J connectivity index is 1.80. The largest absolute Gasteiger partial charge is 0.377 e. The Labute approximate surface area is 187 Å². The molecule has 7 heteroatoms. The fraction of sp³-hybridized carbons (Fsp3) is 0.360. The average Bonchev–Trinajstić information content (AvgIpc) is 3.02. The fourth-order valence-electron chi connectivity index (χ4n) is 4.46. The molecular formula is C25H27N3O4. The molecular weight excluding hydrogens is 406 g/mol. The van der Waals surface area contributed by atoms with E-state index in [1.54, 1.807) is 26.0 Å². The maximum absolute atomic E-state index is 13.7. The van der Waals surface area contributed by atoms with Crippen LogP contribution in [0.25, 0.3) is 10.8 Å². The molecule has 2 aromatic rings. The molecule has 2 aliphatic rings. The van der Waals surface area contributed by atoms with Crippen LogP contribution in [0.4, 0.5) is 5.69 Å². The van der Waals surface area contributed by atoms with Gasteiger partial charge in [-0.2, -0.15) is 0 Å². The Kier molecular flexibility index (Phi) is 4.77. The van der Waals surface area contributed by atoms with Gasteiger partial charge in [-0.25, -0.2) is 0 Å². The summed E-state index contributed by atoms with van der Waals surface area (Å²) in [4.78, 5) is 56.0. The van der Waals surface area contributed by atoms with Gasteiger partial charge in [-0.05, 0) is 32.0 Å². The van der Waals surface area contributed by atoms with E-state index in [4.69, 9.17) is 0 Å². The van der Waals surface area contributed by atoms with Crippen molar-refractivity contribution in [2.24, 2.45) is 5.41 Å². The Morgan fingerprint density at radius 2 is 1.38 bits per heavy atom. The van der Waals surface area contributed by atoms with Crippen molar-refractivity contribution < 1.29 is 19.2 Å². The Morgan fingerprint density at radius 3 is 1.94 bits per heavy atom. The third kappa shape index (κ3) is 2.95. The SMILES string of the molecule is CN(C)c1ccc2c3c(cccc13)C(=O)N(C(C)(C)C(C)(C)CN1C(=O)C=CC1=O)C2=O. The molecule has 2 heterocycles. The summed E-state index contributed by atoms with van der Waals surface area (Å²) in [5.74, 6) is -1.53. The van der Waals surface area contributed by atoms with E-state index in [0.717, 1.165) is 16.0 Å². The first kappa shape index (κ1) is 21.7. The van der Waals surface area contributed by atoms with Crippen LogP contribution in [-0.2, 0) is 9.59 Å². The van der Waals surface area contributed by atoms with Crippen LogP contribution >= 0.6 is 0 Å². The minimum absolute atomic E-state index is 0.0817. The summed E-state index contributed by atoms with van der Waals surface area (Å²) in [5, 5.41) is 1.51. The molecule has 0 aliphatic carbocycles. The van der Waals surface area contributed by atoms with Crippen LogP contribution in [0.15, 0.2) is 42.5 Å². The second-order valence-corrected chi connectivity index (χ2v) is 9.74. The molecule has 0 radical (unpaired) electrons. The van der Waals surface area contributed by atoms with Crippen LogP contribution in [0.1, 0.15) is 48.4 Å². The number of rotatable bonds is 5. The van der Waals surface area contributed by atoms with Gasteiger partial charge in [0.05, 0.1) is 5.54 Å². The molecule has 32 heavy (non-hydrogen) atoms. The first-order valence-electron chi connectivity index (χ1n) is 10.5. The molecule has 4 rings (SSSR count). The molecule has 0 unspecified atom stereocenters. The second kappa shape index (κ2) is 7.02. The number of carbonyl (C=O) groups excluding carboxylic acids is 4. The summed E-state index contributed by atoms with van der Waals surface area (Å²) in [6.07, 6.45) is 2.48. The van der Waals surface area contributed by atoms with E-state index < -0.39 is 11.0 Å². The van der Waals surface area contributed by atoms with Crippen LogP contribution in [0.2, 0.25) is 0 Å². The molecule has 4 amide bonds. The summed E-state index contributed by atoms with van der Waals surface area (Å²) in [5.41, 5.74) is 0.104. The summed E-state index contributed by atoms with van der Waals surface area (Å²) >= 11 is 0. The number of amides is 4. The number of nitrogens with zero attached hydrogens (tertiary/aromatic N) is 3. The topological polar surface area (TPSA) is 78.0 Å². The van der Waals surface area contributed by atoms with E-state index in [2.05, 4.69) is 0 Å². The van der Waals surface area contributed by atoms with E-state index in [1.807, 2.05) is 51.0 Å². The minimum atomic E-state index is -0.996. The third-order valence-corrected chi connectivity index (χ3v) is 7.04. The standard InChI is InChI=1S/C25H27N3O4/c1-24(2,14-27-19(29)12-13-20(27)30)25(3,4)28-22(31)16-9-7-8-15-18(26(5)6)11-10-17(21(15)16)23(28)32/h7-13H,14H2,1-6H3. The number of carbonyl (C=O) groups is 4. The molecule has 0 saturated heterocycles. The van der Waals surface area contributed by atoms with E-state index in [0.29, 0.717) is 16.5 Å². The van der Waals surface area contributed by atoms with Gasteiger partial charge in [-0.3, -0.25) is 29.0 Å². The summed E-state index contributed by atoms with van der Waals surface area (Å²) in [6, 6.07) is 9.14. The monoisotopic (exact) mass is 433 g/mol. The summed E-state index contributed by atoms with van der Waals surface area (Å²) in [7, 11) is 3.84. The maximum atomic E-state index is 13.7. The molecule has 0 saturated carbocycles. The van der Waals surface area contributed by atoms with Crippen molar-refractivity contribution >= 4 is 40.1 Å². The minimum Gasteiger partial charge on any atom is -0.377 e. The lowest BCUT2D eigenvalue weighted by Gasteiger charge is -2.50. The number of benzene rings is 2. The molecule has 166 valence electrons. The summed E-state index contributed by atoms with van der Waals surface area (Å²) < 4.78 is 0. The lowest BCUT2D eigenvalue weighted by atomic mass is 9.71. The molecule has 2 aromatic carbocycles. The molecule has 0 N–H and O–H groups in total. The van der Waals surface area contributed by atoms with Crippen LogP contribution in [0.3, 0.4) is 0 Å². The van der Waals surface area contributed by atoms with E-state index in [9.17, 15) is 19.2 Å². The highest BCUT2D eigenvalue weighted by molar-refractivity contribution is 6.27. The van der Waals surface area contributed by atoms with Crippen LogP contribution < -0.4 is 4.90 Å². The lowest BCUT2D eigenvalue weighted by Crippen LogP contribution is -2.62. The van der Waals surface area contributed by atoms with Gasteiger partial charge in [0.1, 0.15) is 0 Å². The van der Waals surface area contributed by atoms with Gasteiger partial charge < -0.3 is 4.90 Å². The van der Waals surface area contributed by atoms with Crippen molar-refractivity contribution in [3.63, 3.8) is 0 Å². The van der Waals surface area contributed by atoms with E-state index >= 15 is 0 Å². The number of hydrogen-bond donors (Lipinski definition) is 0. The third-order valence-electron chi connectivity index (χ3n) is 7.04. The average molecular weight is 434 g/mol. The zero-order valence-electron chi connectivity index (χ0n) is 19.2. The van der Waals surface area contributed by atoms with Crippen LogP contribution in [0.5, 0.6) is 0 Å². The van der Waals surface area contributed by atoms with Crippen molar-refractivity contribution in [2.45, 2.75) is 33.2 Å². The Morgan fingerprint density at radius 1 is 0.812 bits per heavy atom. The smallest absolute Gasteiger partial charge is 0.261 e. The van der Waals surface area contributed by atoms with E-state index in [-0.39, 0.29) is 30.2 Å². The van der Waals surface area contributed by atoms with Gasteiger partial charge in [0.25, 0.3) is 23.6 Å². The van der Waals surface area contributed by atoms with Gasteiger partial charge in [-0.1, -0.05) is 26.0 Å². The fourth-order valence-corrected chi connectivity index (χ4v) is 4.46. The van der Waals surface area contributed by atoms with Gasteiger partial charge in [0, 0.05) is 65.8 Å². The lowest BCUT2D eigenvalue weighted by molar-refractivity contribution is -0.139. The second-order valence-electron chi connectivity index (χ2n) is 9.74. The van der Waals surface area contributed by atoms with Crippen molar-refractivity contribution in [1.82, 2.24) is 9.80 Å².